The van der Waals surface area contributed by atoms with E-state index in [1.807, 2.05) is 11.6 Å². The monoisotopic (exact) mass is 307 g/mol. The third kappa shape index (κ3) is 3.40. The fourth-order valence-corrected chi connectivity index (χ4v) is 2.69. The maximum absolute atomic E-state index is 12.0. The Morgan fingerprint density at radius 3 is 2.10 bits per heavy atom. The topological polar surface area (TPSA) is 63.2 Å². The summed E-state index contributed by atoms with van der Waals surface area (Å²) in [6.07, 6.45) is 0. The van der Waals surface area contributed by atoms with E-state index in [9.17, 15) is 13.2 Å². The average molecular weight is 307 g/mol. The molecule has 0 atom stereocenters. The van der Waals surface area contributed by atoms with Gasteiger partial charge in [0.15, 0.2) is 0 Å². The predicted octanol–water partition coefficient (Wildman–Crippen LogP) is 2.40. The van der Waals surface area contributed by atoms with E-state index in [1.54, 1.807) is 24.3 Å². The van der Waals surface area contributed by atoms with Crippen LogP contribution in [0, 0.1) is 6.92 Å². The van der Waals surface area contributed by atoms with Crippen LogP contribution in [0.5, 0.6) is 0 Å². The lowest BCUT2D eigenvalue weighted by Crippen LogP contribution is -2.30. The van der Waals surface area contributed by atoms with Crippen molar-refractivity contribution in [3.8, 4) is 0 Å². The van der Waals surface area contributed by atoms with Crippen LogP contribution < -0.4 is 4.72 Å². The Bertz CT molecular complexity index is 720. The molecule has 0 saturated heterocycles. The Balaban J connectivity index is 2.22. The summed E-state index contributed by atoms with van der Waals surface area (Å²) < 4.78 is 26.1. The van der Waals surface area contributed by atoms with Crippen molar-refractivity contribution in [2.75, 3.05) is 0 Å². The number of aryl methyl sites for hydroxylation is 1. The van der Waals surface area contributed by atoms with Gasteiger partial charge in [-0.05, 0) is 43.3 Å². The van der Waals surface area contributed by atoms with E-state index in [2.05, 4.69) is 12.6 Å². The molecule has 4 nitrogen and oxygen atoms in total. The number of hydrogen-bond donors (Lipinski definition) is 2. The molecule has 0 aliphatic heterocycles. The number of amides is 1. The molecule has 0 unspecified atom stereocenters. The van der Waals surface area contributed by atoms with Crippen molar-refractivity contribution in [3.05, 3.63) is 59.7 Å². The fourth-order valence-electron chi connectivity index (χ4n) is 1.57. The second-order valence-corrected chi connectivity index (χ2v) is 6.49. The molecule has 2 rings (SSSR count). The maximum Gasteiger partial charge on any atom is 0.264 e. The van der Waals surface area contributed by atoms with Crippen molar-refractivity contribution < 1.29 is 13.2 Å². The summed E-state index contributed by atoms with van der Waals surface area (Å²) in [6, 6.07) is 12.5. The molecular formula is C14H13NO3S2. The molecular weight excluding hydrogens is 294 g/mol. The van der Waals surface area contributed by atoms with Crippen molar-refractivity contribution in [1.29, 1.82) is 0 Å². The first kappa shape index (κ1) is 14.6. The van der Waals surface area contributed by atoms with Gasteiger partial charge in [-0.15, -0.1) is 12.6 Å². The Labute approximate surface area is 123 Å². The van der Waals surface area contributed by atoms with E-state index >= 15 is 0 Å². The van der Waals surface area contributed by atoms with Crippen molar-refractivity contribution in [1.82, 2.24) is 4.72 Å². The van der Waals surface area contributed by atoms with Gasteiger partial charge in [0.25, 0.3) is 15.9 Å². The van der Waals surface area contributed by atoms with Gasteiger partial charge < -0.3 is 0 Å². The molecule has 0 fully saturated rings. The lowest BCUT2D eigenvalue weighted by molar-refractivity contribution is 0.0981. The third-order valence-corrected chi connectivity index (χ3v) is 4.33. The Morgan fingerprint density at radius 2 is 1.55 bits per heavy atom. The highest BCUT2D eigenvalue weighted by atomic mass is 32.2. The second kappa shape index (κ2) is 5.68. The van der Waals surface area contributed by atoms with Crippen LogP contribution in [0.3, 0.4) is 0 Å². The summed E-state index contributed by atoms with van der Waals surface area (Å²) in [6.45, 7) is 1.86. The second-order valence-electron chi connectivity index (χ2n) is 4.29. The highest BCUT2D eigenvalue weighted by Gasteiger charge is 2.18. The zero-order valence-corrected chi connectivity index (χ0v) is 12.4. The number of thiol groups is 1. The zero-order valence-electron chi connectivity index (χ0n) is 10.7. The summed E-state index contributed by atoms with van der Waals surface area (Å²) in [4.78, 5) is 12.7. The van der Waals surface area contributed by atoms with Gasteiger partial charge >= 0.3 is 0 Å². The minimum Gasteiger partial charge on any atom is -0.268 e. The first-order valence-corrected chi connectivity index (χ1v) is 7.74. The molecule has 0 bridgehead atoms. The summed E-state index contributed by atoms with van der Waals surface area (Å²) in [5.74, 6) is -0.668. The Kier molecular flexibility index (Phi) is 4.15. The van der Waals surface area contributed by atoms with Crippen molar-refractivity contribution >= 4 is 28.6 Å². The van der Waals surface area contributed by atoms with Gasteiger partial charge in [-0.1, -0.05) is 17.7 Å². The molecule has 0 saturated carbocycles. The van der Waals surface area contributed by atoms with Crippen LogP contribution in [0.2, 0.25) is 0 Å². The SMILES string of the molecule is Cc1ccc(S(=O)(=O)NC(=O)c2ccc(S)cc2)cc1. The number of hydrogen-bond acceptors (Lipinski definition) is 4. The van der Waals surface area contributed by atoms with Gasteiger partial charge in [0.05, 0.1) is 4.90 Å². The predicted molar refractivity (Wildman–Crippen MR) is 79.5 cm³/mol. The molecule has 2 aromatic carbocycles. The Hall–Kier alpha value is -1.79. The van der Waals surface area contributed by atoms with Crippen LogP contribution in [-0.4, -0.2) is 14.3 Å². The quantitative estimate of drug-likeness (QED) is 0.856. The Morgan fingerprint density at radius 1 is 1.00 bits per heavy atom. The average Bonchev–Trinajstić information content (AvgIpc) is 2.39. The number of rotatable bonds is 3. The molecule has 1 N–H and O–H groups in total. The first-order valence-electron chi connectivity index (χ1n) is 5.81. The molecule has 1 amide bonds. The molecule has 2 aromatic rings. The van der Waals surface area contributed by atoms with E-state index in [-0.39, 0.29) is 10.5 Å². The van der Waals surface area contributed by atoms with Gasteiger partial charge in [-0.25, -0.2) is 13.1 Å². The van der Waals surface area contributed by atoms with E-state index in [1.165, 1.54) is 24.3 Å². The van der Waals surface area contributed by atoms with E-state index in [0.29, 0.717) is 4.90 Å². The maximum atomic E-state index is 12.0. The standard InChI is InChI=1S/C14H13NO3S2/c1-10-2-8-13(9-3-10)20(17,18)15-14(16)11-4-6-12(19)7-5-11/h2-9,19H,1H3,(H,15,16). The highest BCUT2D eigenvalue weighted by Crippen LogP contribution is 2.12. The molecule has 0 aromatic heterocycles. The van der Waals surface area contributed by atoms with E-state index in [4.69, 9.17) is 0 Å². The van der Waals surface area contributed by atoms with Crippen LogP contribution in [0.4, 0.5) is 0 Å². The van der Waals surface area contributed by atoms with Gasteiger partial charge in [0, 0.05) is 10.5 Å². The minimum absolute atomic E-state index is 0.0577. The number of benzene rings is 2. The van der Waals surface area contributed by atoms with Crippen LogP contribution >= 0.6 is 12.6 Å². The molecule has 0 aliphatic carbocycles. The number of nitrogens with one attached hydrogen (secondary N) is 1. The summed E-state index contributed by atoms with van der Waals surface area (Å²) >= 11 is 4.10. The lowest BCUT2D eigenvalue weighted by atomic mass is 10.2. The van der Waals surface area contributed by atoms with Crippen LogP contribution in [-0.2, 0) is 10.0 Å². The fraction of sp³-hybridized carbons (Fsp3) is 0.0714. The molecule has 0 aliphatic rings. The molecule has 6 heteroatoms. The first-order chi connectivity index (χ1) is 9.38. The number of carbonyl (C=O) groups excluding carboxylic acids is 1. The molecule has 20 heavy (non-hydrogen) atoms. The molecule has 0 radical (unpaired) electrons. The zero-order chi connectivity index (χ0) is 14.8. The smallest absolute Gasteiger partial charge is 0.264 e. The molecule has 0 spiro atoms. The normalized spacial score (nSPS) is 11.1. The van der Waals surface area contributed by atoms with Crippen LogP contribution in [0.1, 0.15) is 15.9 Å². The number of carbonyl (C=O) groups is 1. The van der Waals surface area contributed by atoms with Gasteiger partial charge in [0.1, 0.15) is 0 Å². The summed E-state index contributed by atoms with van der Waals surface area (Å²) in [5.41, 5.74) is 1.21. The summed E-state index contributed by atoms with van der Waals surface area (Å²) in [5, 5.41) is 0. The lowest BCUT2D eigenvalue weighted by Gasteiger charge is -2.07. The molecule has 104 valence electrons. The van der Waals surface area contributed by atoms with Crippen LogP contribution in [0.15, 0.2) is 58.3 Å². The van der Waals surface area contributed by atoms with Gasteiger partial charge in [0.2, 0.25) is 0 Å². The third-order valence-electron chi connectivity index (χ3n) is 2.69. The summed E-state index contributed by atoms with van der Waals surface area (Å²) in [7, 11) is -3.85. The van der Waals surface area contributed by atoms with Gasteiger partial charge in [-0.3, -0.25) is 4.79 Å². The molecule has 0 heterocycles. The van der Waals surface area contributed by atoms with E-state index < -0.39 is 15.9 Å². The van der Waals surface area contributed by atoms with E-state index in [0.717, 1.165) is 5.56 Å². The van der Waals surface area contributed by atoms with Crippen molar-refractivity contribution in [2.24, 2.45) is 0 Å². The number of sulfonamides is 1. The van der Waals surface area contributed by atoms with Gasteiger partial charge in [-0.2, -0.15) is 0 Å². The van der Waals surface area contributed by atoms with Crippen LogP contribution in [0.25, 0.3) is 0 Å². The largest absolute Gasteiger partial charge is 0.268 e. The van der Waals surface area contributed by atoms with Crippen molar-refractivity contribution in [3.63, 3.8) is 0 Å². The van der Waals surface area contributed by atoms with Crippen molar-refractivity contribution in [2.45, 2.75) is 16.7 Å². The highest BCUT2D eigenvalue weighted by molar-refractivity contribution is 7.90. The minimum atomic E-state index is -3.85.